The number of hydrogen-bond donors (Lipinski definition) is 3. The number of alkyl carbamates (subject to hydrolysis) is 1. The zero-order chi connectivity index (χ0) is 29.5. The van der Waals surface area contributed by atoms with Crippen molar-refractivity contribution in [2.75, 3.05) is 6.54 Å². The van der Waals surface area contributed by atoms with Crippen molar-refractivity contribution < 1.29 is 24.2 Å². The van der Waals surface area contributed by atoms with Crippen molar-refractivity contribution in [1.29, 1.82) is 0 Å². The fourth-order valence-electron chi connectivity index (χ4n) is 4.40. The van der Waals surface area contributed by atoms with Crippen molar-refractivity contribution in [2.24, 2.45) is 0 Å². The van der Waals surface area contributed by atoms with Crippen LogP contribution in [0.2, 0.25) is 0 Å². The van der Waals surface area contributed by atoms with Gasteiger partial charge >= 0.3 is 6.09 Å². The Bertz CT molecular complexity index is 1130. The van der Waals surface area contributed by atoms with E-state index in [1.165, 1.54) is 12.1 Å². The molecule has 0 fully saturated rings. The molecule has 214 valence electrons. The minimum atomic E-state index is -1.01. The number of nitrogens with one attached hydrogen (secondary N) is 2. The average molecular weight is 540 g/mol. The summed E-state index contributed by atoms with van der Waals surface area (Å²) in [5.41, 5.74) is 2.13. The summed E-state index contributed by atoms with van der Waals surface area (Å²) in [6.45, 7) is 17.1. The molecule has 0 heterocycles. The van der Waals surface area contributed by atoms with E-state index in [1.807, 2.05) is 59.7 Å². The maximum absolute atomic E-state index is 14.3. The van der Waals surface area contributed by atoms with Crippen LogP contribution in [0, 0.1) is 13.8 Å². The monoisotopic (exact) mass is 539 g/mol. The van der Waals surface area contributed by atoms with E-state index in [4.69, 9.17) is 4.74 Å². The molecule has 0 saturated carbocycles. The highest BCUT2D eigenvalue weighted by Gasteiger charge is 2.37. The number of aryl methyl sites for hydroxylation is 2. The maximum Gasteiger partial charge on any atom is 0.408 e. The lowest BCUT2D eigenvalue weighted by molar-refractivity contribution is -0.143. The van der Waals surface area contributed by atoms with Gasteiger partial charge in [-0.25, -0.2) is 4.79 Å². The third-order valence-corrected chi connectivity index (χ3v) is 5.73. The summed E-state index contributed by atoms with van der Waals surface area (Å²) in [7, 11) is 0. The highest BCUT2D eigenvalue weighted by molar-refractivity contribution is 5.92. The van der Waals surface area contributed by atoms with Crippen LogP contribution in [0.25, 0.3) is 0 Å². The molecule has 2 aromatic carbocycles. The van der Waals surface area contributed by atoms with Gasteiger partial charge in [0.05, 0.1) is 0 Å². The summed E-state index contributed by atoms with van der Waals surface area (Å²) in [5.74, 6) is -0.595. The number of carbonyl (C=O) groups excluding carboxylic acids is 3. The summed E-state index contributed by atoms with van der Waals surface area (Å²) in [6, 6.07) is 10.4. The summed E-state index contributed by atoms with van der Waals surface area (Å²) in [4.78, 5) is 42.5. The molecule has 2 atom stereocenters. The van der Waals surface area contributed by atoms with Crippen LogP contribution in [0.5, 0.6) is 5.75 Å². The molecule has 2 aromatic rings. The lowest BCUT2D eigenvalue weighted by atomic mass is 9.96. The fourth-order valence-corrected chi connectivity index (χ4v) is 4.40. The Morgan fingerprint density at radius 2 is 1.51 bits per heavy atom. The van der Waals surface area contributed by atoms with Crippen molar-refractivity contribution in [3.05, 3.63) is 64.7 Å². The maximum atomic E-state index is 14.3. The van der Waals surface area contributed by atoms with Gasteiger partial charge in [0.25, 0.3) is 0 Å². The number of amides is 3. The molecule has 0 spiro atoms. The molecule has 0 radical (unpaired) electrons. The highest BCUT2D eigenvalue weighted by atomic mass is 16.6. The van der Waals surface area contributed by atoms with Gasteiger partial charge in [-0.1, -0.05) is 48.4 Å². The minimum Gasteiger partial charge on any atom is -0.508 e. The third kappa shape index (κ3) is 10.3. The van der Waals surface area contributed by atoms with Gasteiger partial charge in [0.15, 0.2) is 0 Å². The van der Waals surface area contributed by atoms with E-state index in [2.05, 4.69) is 10.6 Å². The molecule has 0 bridgehead atoms. The highest BCUT2D eigenvalue weighted by Crippen LogP contribution is 2.27. The second-order valence-corrected chi connectivity index (χ2v) is 12.2. The molecule has 3 amide bonds. The second kappa shape index (κ2) is 13.0. The van der Waals surface area contributed by atoms with Gasteiger partial charge in [-0.15, -0.1) is 0 Å². The van der Waals surface area contributed by atoms with E-state index in [-0.39, 0.29) is 18.1 Å². The van der Waals surface area contributed by atoms with Crippen LogP contribution >= 0.6 is 0 Å². The predicted molar refractivity (Wildman–Crippen MR) is 154 cm³/mol. The predicted octanol–water partition coefficient (Wildman–Crippen LogP) is 5.34. The first kappa shape index (κ1) is 31.7. The Kier molecular flexibility index (Phi) is 10.6. The first-order chi connectivity index (χ1) is 18.0. The number of nitrogens with zero attached hydrogens (tertiary/aromatic N) is 1. The van der Waals surface area contributed by atoms with E-state index in [0.717, 1.165) is 16.7 Å². The van der Waals surface area contributed by atoms with Gasteiger partial charge in [-0.2, -0.15) is 0 Å². The Hall–Kier alpha value is -3.55. The molecule has 0 aromatic heterocycles. The van der Waals surface area contributed by atoms with Crippen molar-refractivity contribution in [2.45, 2.75) is 98.4 Å². The zero-order valence-electron chi connectivity index (χ0n) is 24.8. The van der Waals surface area contributed by atoms with Crippen LogP contribution in [-0.4, -0.2) is 51.6 Å². The lowest BCUT2D eigenvalue weighted by Crippen LogP contribution is -2.55. The largest absolute Gasteiger partial charge is 0.508 e. The van der Waals surface area contributed by atoms with Crippen LogP contribution in [0.15, 0.2) is 42.5 Å². The normalized spacial score (nSPS) is 13.3. The Morgan fingerprint density at radius 1 is 0.949 bits per heavy atom. The van der Waals surface area contributed by atoms with E-state index < -0.39 is 35.2 Å². The topological polar surface area (TPSA) is 108 Å². The molecule has 8 heteroatoms. The van der Waals surface area contributed by atoms with Gasteiger partial charge in [0.2, 0.25) is 11.8 Å². The standard InChI is InChI=1S/C31H45N3O5/c1-10-15-34(26(27(36)33-30(4,5)6)23-17-20(2)16-21(3)18-23)28(37)25(32-29(38)39-31(7,8)9)19-22-11-13-24(35)14-12-22/h11-14,16-18,25-26,35H,10,15,19H2,1-9H3,(H,32,38)(H,33,36). The van der Waals surface area contributed by atoms with Crippen LogP contribution < -0.4 is 10.6 Å². The first-order valence-corrected chi connectivity index (χ1v) is 13.5. The molecular weight excluding hydrogens is 494 g/mol. The smallest absolute Gasteiger partial charge is 0.408 e. The number of ether oxygens (including phenoxy) is 1. The number of phenols is 1. The second-order valence-electron chi connectivity index (χ2n) is 12.2. The van der Waals surface area contributed by atoms with E-state index in [0.29, 0.717) is 18.5 Å². The quantitative estimate of drug-likeness (QED) is 0.399. The van der Waals surface area contributed by atoms with Crippen LogP contribution in [0.4, 0.5) is 4.79 Å². The minimum absolute atomic E-state index is 0.100. The zero-order valence-corrected chi connectivity index (χ0v) is 24.8. The summed E-state index contributed by atoms with van der Waals surface area (Å²) >= 11 is 0. The summed E-state index contributed by atoms with van der Waals surface area (Å²) in [6.07, 6.45) is 0.0333. The Balaban J connectivity index is 2.59. The van der Waals surface area contributed by atoms with Crippen molar-refractivity contribution in [3.63, 3.8) is 0 Å². The van der Waals surface area contributed by atoms with E-state index in [9.17, 15) is 19.5 Å². The van der Waals surface area contributed by atoms with E-state index in [1.54, 1.807) is 37.8 Å². The molecule has 2 unspecified atom stereocenters. The number of phenolic OH excluding ortho intramolecular Hbond substituents is 1. The molecular formula is C31H45N3O5. The molecule has 0 saturated heterocycles. The molecule has 39 heavy (non-hydrogen) atoms. The average Bonchev–Trinajstić information content (AvgIpc) is 2.76. The van der Waals surface area contributed by atoms with E-state index >= 15 is 0 Å². The van der Waals surface area contributed by atoms with Crippen LogP contribution in [0.3, 0.4) is 0 Å². The van der Waals surface area contributed by atoms with Gasteiger partial charge in [0.1, 0.15) is 23.4 Å². The Labute approximate surface area is 233 Å². The van der Waals surface area contributed by atoms with Gasteiger partial charge < -0.3 is 25.4 Å². The van der Waals surface area contributed by atoms with Gasteiger partial charge in [-0.05, 0) is 85.1 Å². The van der Waals surface area contributed by atoms with Gasteiger partial charge in [0, 0.05) is 18.5 Å². The van der Waals surface area contributed by atoms with Crippen LogP contribution in [0.1, 0.15) is 83.2 Å². The van der Waals surface area contributed by atoms with Crippen molar-refractivity contribution in [3.8, 4) is 5.75 Å². The van der Waals surface area contributed by atoms with Gasteiger partial charge in [-0.3, -0.25) is 9.59 Å². The molecule has 0 aliphatic heterocycles. The third-order valence-electron chi connectivity index (χ3n) is 5.73. The molecule has 0 aliphatic carbocycles. The number of carbonyl (C=O) groups is 3. The molecule has 0 aliphatic rings. The van der Waals surface area contributed by atoms with Crippen LogP contribution in [-0.2, 0) is 20.7 Å². The number of aromatic hydroxyl groups is 1. The number of rotatable bonds is 9. The Morgan fingerprint density at radius 3 is 2.00 bits per heavy atom. The molecule has 8 nitrogen and oxygen atoms in total. The fraction of sp³-hybridized carbons (Fsp3) is 0.516. The molecule has 3 N–H and O–H groups in total. The number of benzene rings is 2. The molecule has 2 rings (SSSR count). The summed E-state index contributed by atoms with van der Waals surface area (Å²) in [5, 5.41) is 15.5. The first-order valence-electron chi connectivity index (χ1n) is 13.5. The van der Waals surface area contributed by atoms with Crippen molar-refractivity contribution >= 4 is 17.9 Å². The SMILES string of the molecule is CCCN(C(=O)C(Cc1ccc(O)cc1)NC(=O)OC(C)(C)C)C(C(=O)NC(C)(C)C)c1cc(C)cc(C)c1. The summed E-state index contributed by atoms with van der Waals surface area (Å²) < 4.78 is 5.46. The lowest BCUT2D eigenvalue weighted by Gasteiger charge is -2.36. The van der Waals surface area contributed by atoms with Crippen molar-refractivity contribution in [1.82, 2.24) is 15.5 Å². The number of hydrogen-bond acceptors (Lipinski definition) is 5.